The van der Waals surface area contributed by atoms with Crippen LogP contribution in [-0.4, -0.2) is 6.61 Å². The number of ether oxygens (including phenoxy) is 1. The maximum Gasteiger partial charge on any atom is 0.127 e. The standard InChI is InChI=1S/C12H16FNO/c1-8(14)10-4-11(13)6-12(5-10)15-7-9-2-3-9/h4-6,8-9H,2-3,7,14H2,1H3. The van der Waals surface area contributed by atoms with Gasteiger partial charge in [-0.3, -0.25) is 0 Å². The number of rotatable bonds is 4. The summed E-state index contributed by atoms with van der Waals surface area (Å²) in [6.07, 6.45) is 2.46. The number of hydrogen-bond donors (Lipinski definition) is 1. The molecule has 2 rings (SSSR count). The van der Waals surface area contributed by atoms with Crippen LogP contribution >= 0.6 is 0 Å². The molecule has 0 aromatic heterocycles. The molecule has 0 heterocycles. The van der Waals surface area contributed by atoms with Crippen LogP contribution in [0.2, 0.25) is 0 Å². The van der Waals surface area contributed by atoms with Gasteiger partial charge in [0.25, 0.3) is 0 Å². The van der Waals surface area contributed by atoms with Crippen LogP contribution < -0.4 is 10.5 Å². The van der Waals surface area contributed by atoms with Crippen LogP contribution in [0.4, 0.5) is 4.39 Å². The van der Waals surface area contributed by atoms with E-state index in [1.165, 1.54) is 25.0 Å². The molecule has 1 saturated carbocycles. The third kappa shape index (κ3) is 2.93. The van der Waals surface area contributed by atoms with Crippen molar-refractivity contribution >= 4 is 0 Å². The first kappa shape index (κ1) is 10.4. The molecule has 1 aromatic rings. The highest BCUT2D eigenvalue weighted by atomic mass is 19.1. The first-order valence-electron chi connectivity index (χ1n) is 5.34. The first-order valence-corrected chi connectivity index (χ1v) is 5.34. The molecule has 0 bridgehead atoms. The van der Waals surface area contributed by atoms with Gasteiger partial charge in [0.05, 0.1) is 6.61 Å². The smallest absolute Gasteiger partial charge is 0.127 e. The summed E-state index contributed by atoms with van der Waals surface area (Å²) in [5, 5.41) is 0. The van der Waals surface area contributed by atoms with Crippen LogP contribution in [0.3, 0.4) is 0 Å². The first-order chi connectivity index (χ1) is 7.15. The molecule has 1 unspecified atom stereocenters. The summed E-state index contributed by atoms with van der Waals surface area (Å²) in [6.45, 7) is 2.53. The fourth-order valence-corrected chi connectivity index (χ4v) is 1.43. The van der Waals surface area contributed by atoms with E-state index in [2.05, 4.69) is 0 Å². The van der Waals surface area contributed by atoms with Gasteiger partial charge in [0.15, 0.2) is 0 Å². The Bertz CT molecular complexity index is 347. The highest BCUT2D eigenvalue weighted by molar-refractivity contribution is 5.31. The van der Waals surface area contributed by atoms with Gasteiger partial charge in [-0.25, -0.2) is 4.39 Å². The summed E-state index contributed by atoms with van der Waals surface area (Å²) in [5.41, 5.74) is 6.48. The quantitative estimate of drug-likeness (QED) is 0.827. The Labute approximate surface area is 89.2 Å². The van der Waals surface area contributed by atoms with E-state index in [4.69, 9.17) is 10.5 Å². The molecule has 82 valence electrons. The van der Waals surface area contributed by atoms with Crippen LogP contribution in [0.25, 0.3) is 0 Å². The second-order valence-corrected chi connectivity index (χ2v) is 4.26. The molecule has 15 heavy (non-hydrogen) atoms. The summed E-state index contributed by atoms with van der Waals surface area (Å²) in [5.74, 6) is 0.983. The lowest BCUT2D eigenvalue weighted by molar-refractivity contribution is 0.298. The van der Waals surface area contributed by atoms with Gasteiger partial charge in [-0.05, 0) is 43.4 Å². The van der Waals surface area contributed by atoms with Crippen molar-refractivity contribution in [2.45, 2.75) is 25.8 Å². The van der Waals surface area contributed by atoms with Crippen molar-refractivity contribution < 1.29 is 9.13 Å². The van der Waals surface area contributed by atoms with Crippen molar-refractivity contribution in [3.8, 4) is 5.75 Å². The Morgan fingerprint density at radius 1 is 1.47 bits per heavy atom. The summed E-state index contributed by atoms with van der Waals surface area (Å²) >= 11 is 0. The van der Waals surface area contributed by atoms with E-state index in [0.717, 1.165) is 5.56 Å². The molecular weight excluding hydrogens is 193 g/mol. The number of halogens is 1. The molecule has 1 aliphatic rings. The van der Waals surface area contributed by atoms with Crippen molar-refractivity contribution in [3.05, 3.63) is 29.6 Å². The van der Waals surface area contributed by atoms with E-state index in [9.17, 15) is 4.39 Å². The maximum atomic E-state index is 13.2. The zero-order valence-electron chi connectivity index (χ0n) is 8.87. The minimum absolute atomic E-state index is 0.163. The van der Waals surface area contributed by atoms with Gasteiger partial charge < -0.3 is 10.5 Å². The van der Waals surface area contributed by atoms with E-state index in [0.29, 0.717) is 18.3 Å². The average molecular weight is 209 g/mol. The number of benzene rings is 1. The van der Waals surface area contributed by atoms with Crippen LogP contribution in [0.15, 0.2) is 18.2 Å². The summed E-state index contributed by atoms with van der Waals surface area (Å²) in [4.78, 5) is 0. The Hall–Kier alpha value is -1.09. The second kappa shape index (κ2) is 4.19. The van der Waals surface area contributed by atoms with Crippen molar-refractivity contribution in [1.29, 1.82) is 0 Å². The maximum absolute atomic E-state index is 13.2. The van der Waals surface area contributed by atoms with Gasteiger partial charge in [0.1, 0.15) is 11.6 Å². The van der Waals surface area contributed by atoms with Crippen LogP contribution in [0.1, 0.15) is 31.4 Å². The van der Waals surface area contributed by atoms with Crippen LogP contribution in [0, 0.1) is 11.7 Å². The van der Waals surface area contributed by atoms with Crippen molar-refractivity contribution in [3.63, 3.8) is 0 Å². The average Bonchev–Trinajstić information content (AvgIpc) is 2.97. The SMILES string of the molecule is CC(N)c1cc(F)cc(OCC2CC2)c1. The molecule has 1 atom stereocenters. The Morgan fingerprint density at radius 3 is 2.80 bits per heavy atom. The minimum Gasteiger partial charge on any atom is -0.493 e. The van der Waals surface area contributed by atoms with E-state index >= 15 is 0 Å². The Kier molecular flexibility index (Phi) is 2.91. The van der Waals surface area contributed by atoms with Crippen molar-refractivity contribution in [1.82, 2.24) is 0 Å². The lowest BCUT2D eigenvalue weighted by Crippen LogP contribution is -2.06. The van der Waals surface area contributed by atoms with Gasteiger partial charge >= 0.3 is 0 Å². The third-order valence-electron chi connectivity index (χ3n) is 2.60. The molecule has 1 aliphatic carbocycles. The molecule has 0 radical (unpaired) electrons. The Morgan fingerprint density at radius 2 is 2.20 bits per heavy atom. The van der Waals surface area contributed by atoms with E-state index in [1.54, 1.807) is 0 Å². The summed E-state index contributed by atoms with van der Waals surface area (Å²) in [7, 11) is 0. The van der Waals surface area contributed by atoms with Gasteiger partial charge in [-0.1, -0.05) is 0 Å². The van der Waals surface area contributed by atoms with Crippen LogP contribution in [0.5, 0.6) is 5.75 Å². The molecule has 1 aromatic carbocycles. The lowest BCUT2D eigenvalue weighted by atomic mass is 10.1. The third-order valence-corrected chi connectivity index (χ3v) is 2.60. The van der Waals surface area contributed by atoms with E-state index < -0.39 is 0 Å². The normalized spacial score (nSPS) is 17.5. The topological polar surface area (TPSA) is 35.2 Å². The second-order valence-electron chi connectivity index (χ2n) is 4.26. The van der Waals surface area contributed by atoms with Crippen molar-refractivity contribution in [2.24, 2.45) is 11.7 Å². The molecule has 0 aliphatic heterocycles. The molecule has 1 fully saturated rings. The molecule has 0 spiro atoms. The van der Waals surface area contributed by atoms with E-state index in [1.807, 2.05) is 13.0 Å². The minimum atomic E-state index is -0.282. The molecule has 0 saturated heterocycles. The van der Waals surface area contributed by atoms with Gasteiger partial charge in [-0.2, -0.15) is 0 Å². The number of hydrogen-bond acceptors (Lipinski definition) is 2. The Balaban J connectivity index is 2.07. The fraction of sp³-hybridized carbons (Fsp3) is 0.500. The van der Waals surface area contributed by atoms with E-state index in [-0.39, 0.29) is 11.9 Å². The molecule has 2 nitrogen and oxygen atoms in total. The summed E-state index contributed by atoms with van der Waals surface area (Å²) < 4.78 is 18.7. The van der Waals surface area contributed by atoms with Gasteiger partial charge in [0, 0.05) is 12.1 Å². The largest absolute Gasteiger partial charge is 0.493 e. The lowest BCUT2D eigenvalue weighted by Gasteiger charge is -2.10. The molecule has 2 N–H and O–H groups in total. The molecule has 0 amide bonds. The zero-order valence-corrected chi connectivity index (χ0v) is 8.87. The predicted octanol–water partition coefficient (Wildman–Crippen LogP) is 2.63. The predicted molar refractivity (Wildman–Crippen MR) is 57.2 cm³/mol. The van der Waals surface area contributed by atoms with Gasteiger partial charge in [0.2, 0.25) is 0 Å². The molecule has 3 heteroatoms. The monoisotopic (exact) mass is 209 g/mol. The highest BCUT2D eigenvalue weighted by Crippen LogP contribution is 2.30. The zero-order chi connectivity index (χ0) is 10.8. The summed E-state index contributed by atoms with van der Waals surface area (Å²) in [6, 6.07) is 4.52. The van der Waals surface area contributed by atoms with Crippen molar-refractivity contribution in [2.75, 3.05) is 6.61 Å². The number of nitrogens with two attached hydrogens (primary N) is 1. The highest BCUT2D eigenvalue weighted by Gasteiger charge is 2.22. The fourth-order valence-electron chi connectivity index (χ4n) is 1.43. The van der Waals surface area contributed by atoms with Crippen LogP contribution in [-0.2, 0) is 0 Å². The van der Waals surface area contributed by atoms with Gasteiger partial charge in [-0.15, -0.1) is 0 Å². The molecular formula is C12H16FNO.